The molecule has 0 aliphatic carbocycles. The molecule has 1 heterocycles. The Morgan fingerprint density at radius 1 is 1.52 bits per heavy atom. The largest absolute Gasteiger partial charge is 0.494 e. The van der Waals surface area contributed by atoms with E-state index in [2.05, 4.69) is 16.7 Å². The first kappa shape index (κ1) is 14.6. The van der Waals surface area contributed by atoms with Gasteiger partial charge in [-0.05, 0) is 13.0 Å². The third kappa shape index (κ3) is 2.86. The van der Waals surface area contributed by atoms with E-state index in [0.717, 1.165) is 5.56 Å². The summed E-state index contributed by atoms with van der Waals surface area (Å²) in [5.41, 5.74) is 13.5. The van der Waals surface area contributed by atoms with Crippen LogP contribution in [0.15, 0.2) is 34.9 Å². The average molecular weight is 287 g/mol. The number of benzene rings is 1. The number of ether oxygens (including phenoxy) is 1. The molecule has 2 rings (SSSR count). The Labute approximate surface area is 122 Å². The lowest BCUT2D eigenvalue weighted by atomic mass is 10.1. The first-order valence-corrected chi connectivity index (χ1v) is 6.27. The van der Waals surface area contributed by atoms with Crippen LogP contribution < -0.4 is 16.2 Å². The van der Waals surface area contributed by atoms with Crippen molar-refractivity contribution in [2.45, 2.75) is 13.3 Å². The van der Waals surface area contributed by atoms with Gasteiger partial charge in [0.05, 0.1) is 19.2 Å². The van der Waals surface area contributed by atoms with Crippen LogP contribution in [0, 0.1) is 0 Å². The monoisotopic (exact) mass is 287 g/mol. The van der Waals surface area contributed by atoms with Gasteiger partial charge in [-0.3, -0.25) is 4.79 Å². The molecule has 1 aliphatic heterocycles. The van der Waals surface area contributed by atoms with Crippen LogP contribution in [-0.4, -0.2) is 29.7 Å². The maximum absolute atomic E-state index is 10.9. The van der Waals surface area contributed by atoms with Gasteiger partial charge in [0.25, 0.3) is 0 Å². The van der Waals surface area contributed by atoms with Crippen LogP contribution in [-0.2, 0) is 4.79 Å². The number of carbonyl (C=O) groups is 1. The number of aliphatic imine (C=N–C) groups is 1. The molecular weight excluding hydrogens is 270 g/mol. The van der Waals surface area contributed by atoms with Crippen molar-refractivity contribution >= 4 is 29.0 Å². The molecule has 21 heavy (non-hydrogen) atoms. The highest BCUT2D eigenvalue weighted by Crippen LogP contribution is 2.39. The number of nitrogens with two attached hydrogens (primary N) is 2. The fourth-order valence-corrected chi connectivity index (χ4v) is 2.02. The van der Waals surface area contributed by atoms with Crippen molar-refractivity contribution in [2.75, 3.05) is 7.11 Å². The maximum Gasteiger partial charge on any atom is 0.223 e. The lowest BCUT2D eigenvalue weighted by molar-refractivity contribution is -0.116. The number of amides is 1. The van der Waals surface area contributed by atoms with Crippen molar-refractivity contribution in [1.29, 1.82) is 0 Å². The molecule has 0 unspecified atom stereocenters. The fraction of sp³-hybridized carbons (Fsp3) is 0.214. The minimum absolute atomic E-state index is 0.0437. The van der Waals surface area contributed by atoms with Crippen LogP contribution in [0.25, 0.3) is 5.70 Å². The van der Waals surface area contributed by atoms with E-state index in [1.165, 1.54) is 5.01 Å². The number of hydrogen-bond acceptors (Lipinski definition) is 6. The SMILES string of the molecule is C=C1c2cccc(OC)c2N=C(N)N1/N=C(\C)CC(N)=O. The molecule has 0 bridgehead atoms. The number of primary amides is 1. The van der Waals surface area contributed by atoms with E-state index in [0.29, 0.717) is 22.8 Å². The van der Waals surface area contributed by atoms with Gasteiger partial charge in [-0.1, -0.05) is 18.7 Å². The summed E-state index contributed by atoms with van der Waals surface area (Å²) < 4.78 is 5.26. The van der Waals surface area contributed by atoms with Gasteiger partial charge < -0.3 is 16.2 Å². The normalized spacial score (nSPS) is 14.6. The zero-order chi connectivity index (χ0) is 15.6. The zero-order valence-electron chi connectivity index (χ0n) is 12.0. The van der Waals surface area contributed by atoms with Crippen molar-refractivity contribution in [3.63, 3.8) is 0 Å². The number of hydrogen-bond donors (Lipinski definition) is 2. The third-order valence-corrected chi connectivity index (χ3v) is 2.93. The second kappa shape index (κ2) is 5.66. The Morgan fingerprint density at radius 3 is 2.86 bits per heavy atom. The van der Waals surface area contributed by atoms with Gasteiger partial charge in [-0.2, -0.15) is 5.10 Å². The molecule has 0 fully saturated rings. The number of hydrazone groups is 1. The molecule has 0 aromatic heterocycles. The quantitative estimate of drug-likeness (QED) is 0.811. The predicted octanol–water partition coefficient (Wildman–Crippen LogP) is 1.18. The first-order chi connectivity index (χ1) is 9.93. The molecule has 7 heteroatoms. The third-order valence-electron chi connectivity index (χ3n) is 2.93. The molecule has 0 saturated carbocycles. The summed E-state index contributed by atoms with van der Waals surface area (Å²) in [6, 6.07) is 5.47. The molecule has 110 valence electrons. The predicted molar refractivity (Wildman–Crippen MR) is 82.1 cm³/mol. The molecule has 4 N–H and O–H groups in total. The van der Waals surface area contributed by atoms with Gasteiger partial charge in [0, 0.05) is 11.3 Å². The summed E-state index contributed by atoms with van der Waals surface area (Å²) >= 11 is 0. The highest BCUT2D eigenvalue weighted by Gasteiger charge is 2.24. The van der Waals surface area contributed by atoms with E-state index in [9.17, 15) is 4.79 Å². The molecular formula is C14H17N5O2. The van der Waals surface area contributed by atoms with Crippen LogP contribution in [0.2, 0.25) is 0 Å². The van der Waals surface area contributed by atoms with Gasteiger partial charge in [-0.15, -0.1) is 0 Å². The highest BCUT2D eigenvalue weighted by atomic mass is 16.5. The van der Waals surface area contributed by atoms with Gasteiger partial charge >= 0.3 is 0 Å². The summed E-state index contributed by atoms with van der Waals surface area (Å²) in [7, 11) is 1.56. The molecule has 1 amide bonds. The summed E-state index contributed by atoms with van der Waals surface area (Å²) in [6.45, 7) is 5.67. The van der Waals surface area contributed by atoms with Crippen molar-refractivity contribution in [3.8, 4) is 5.75 Å². The fourth-order valence-electron chi connectivity index (χ4n) is 2.02. The number of rotatable bonds is 4. The second-order valence-electron chi connectivity index (χ2n) is 4.56. The van der Waals surface area contributed by atoms with E-state index in [4.69, 9.17) is 16.2 Å². The van der Waals surface area contributed by atoms with E-state index in [-0.39, 0.29) is 12.4 Å². The number of fused-ring (bicyclic) bond motifs is 1. The van der Waals surface area contributed by atoms with Gasteiger partial charge in [-0.25, -0.2) is 10.0 Å². The number of guanidine groups is 1. The highest BCUT2D eigenvalue weighted by molar-refractivity contribution is 6.02. The topological polar surface area (TPSA) is 106 Å². The zero-order valence-corrected chi connectivity index (χ0v) is 12.0. The maximum atomic E-state index is 10.9. The van der Waals surface area contributed by atoms with E-state index in [1.807, 2.05) is 12.1 Å². The molecule has 0 spiro atoms. The molecule has 1 aliphatic rings. The van der Waals surface area contributed by atoms with Crippen LogP contribution in [0.4, 0.5) is 5.69 Å². The van der Waals surface area contributed by atoms with Gasteiger partial charge in [0.2, 0.25) is 11.9 Å². The number of nitrogens with zero attached hydrogens (tertiary/aromatic N) is 3. The van der Waals surface area contributed by atoms with Crippen molar-refractivity contribution in [1.82, 2.24) is 5.01 Å². The smallest absolute Gasteiger partial charge is 0.223 e. The lowest BCUT2D eigenvalue weighted by Crippen LogP contribution is -2.34. The summed E-state index contributed by atoms with van der Waals surface area (Å²) in [6.07, 6.45) is 0.0437. The number of methoxy groups -OCH3 is 1. The summed E-state index contributed by atoms with van der Waals surface area (Å²) in [5, 5.41) is 5.63. The minimum atomic E-state index is -0.462. The summed E-state index contributed by atoms with van der Waals surface area (Å²) in [5.74, 6) is 0.298. The minimum Gasteiger partial charge on any atom is -0.494 e. The molecule has 1 aromatic rings. The molecule has 1 aromatic carbocycles. The average Bonchev–Trinajstić information content (AvgIpc) is 2.42. The lowest BCUT2D eigenvalue weighted by Gasteiger charge is -2.27. The Balaban J connectivity index is 2.42. The Hall–Kier alpha value is -2.83. The Morgan fingerprint density at radius 2 is 2.24 bits per heavy atom. The van der Waals surface area contributed by atoms with Crippen LogP contribution in [0.3, 0.4) is 0 Å². The molecule has 7 nitrogen and oxygen atoms in total. The van der Waals surface area contributed by atoms with Gasteiger partial charge in [0.15, 0.2) is 0 Å². The van der Waals surface area contributed by atoms with Crippen molar-refractivity contribution in [3.05, 3.63) is 30.3 Å². The van der Waals surface area contributed by atoms with Gasteiger partial charge in [0.1, 0.15) is 11.4 Å². The second-order valence-corrected chi connectivity index (χ2v) is 4.56. The number of para-hydroxylation sites is 1. The molecule has 0 saturated heterocycles. The number of carbonyl (C=O) groups excluding carboxylic acids is 1. The Kier molecular flexibility index (Phi) is 3.93. The van der Waals surface area contributed by atoms with E-state index >= 15 is 0 Å². The van der Waals surface area contributed by atoms with E-state index < -0.39 is 5.91 Å². The first-order valence-electron chi connectivity index (χ1n) is 6.27. The van der Waals surface area contributed by atoms with Crippen molar-refractivity contribution < 1.29 is 9.53 Å². The molecule has 0 atom stereocenters. The van der Waals surface area contributed by atoms with Crippen LogP contribution in [0.5, 0.6) is 5.75 Å². The standard InChI is InChI=1S/C14H17N5O2/c1-8(7-12(15)20)18-19-9(2)10-5-4-6-11(21-3)13(10)17-14(19)16/h4-6H,2,7H2,1,3H3,(H2,15,20)(H2,16,17)/b18-8+. The van der Waals surface area contributed by atoms with Crippen molar-refractivity contribution in [2.24, 2.45) is 21.6 Å². The Bertz CT molecular complexity index is 663. The molecule has 0 radical (unpaired) electrons. The van der Waals surface area contributed by atoms with Crippen LogP contribution >= 0.6 is 0 Å². The van der Waals surface area contributed by atoms with Crippen LogP contribution in [0.1, 0.15) is 18.9 Å². The van der Waals surface area contributed by atoms with E-state index in [1.54, 1.807) is 20.1 Å². The summed E-state index contributed by atoms with van der Waals surface area (Å²) in [4.78, 5) is 15.2.